The van der Waals surface area contributed by atoms with Gasteiger partial charge in [-0.05, 0) is 59.4 Å². The van der Waals surface area contributed by atoms with Gasteiger partial charge >= 0.3 is 11.5 Å². The highest BCUT2D eigenvalue weighted by Gasteiger charge is 2.66. The molecular formula is C43H37N3+2. The third-order valence-electron chi connectivity index (χ3n) is 10.2. The zero-order valence-electron chi connectivity index (χ0n) is 26.8. The number of imidazole rings is 1. The van der Waals surface area contributed by atoms with Gasteiger partial charge in [-0.15, -0.1) is 9.13 Å². The molecule has 5 aromatic carbocycles. The van der Waals surface area contributed by atoms with Crippen LogP contribution in [0.25, 0.3) is 50.5 Å². The van der Waals surface area contributed by atoms with E-state index in [9.17, 15) is 0 Å². The molecule has 7 aromatic rings. The van der Waals surface area contributed by atoms with Crippen molar-refractivity contribution in [2.75, 3.05) is 0 Å². The second-order valence-corrected chi connectivity index (χ2v) is 13.4. The zero-order valence-corrected chi connectivity index (χ0v) is 26.8. The second-order valence-electron chi connectivity index (χ2n) is 13.4. The Kier molecular flexibility index (Phi) is 5.80. The monoisotopic (exact) mass is 595 g/mol. The minimum atomic E-state index is -0.581. The Labute approximate surface area is 270 Å². The normalized spacial score (nSPS) is 15.9. The van der Waals surface area contributed by atoms with E-state index in [4.69, 9.17) is 0 Å². The third kappa shape index (κ3) is 3.43. The molecule has 0 amide bonds. The van der Waals surface area contributed by atoms with Crippen LogP contribution in [0.4, 0.5) is 0 Å². The van der Waals surface area contributed by atoms with Crippen molar-refractivity contribution in [1.29, 1.82) is 0 Å². The fourth-order valence-electron chi connectivity index (χ4n) is 8.28. The maximum Gasteiger partial charge on any atom is 0.364 e. The Morgan fingerprint density at radius 2 is 1.17 bits per heavy atom. The molecule has 0 radical (unpaired) electrons. The molecule has 2 aliphatic rings. The van der Waals surface area contributed by atoms with Crippen LogP contribution >= 0.6 is 0 Å². The summed E-state index contributed by atoms with van der Waals surface area (Å²) in [5.74, 6) is 1.98. The average Bonchev–Trinajstić information content (AvgIpc) is 3.70. The van der Waals surface area contributed by atoms with Crippen LogP contribution in [0.1, 0.15) is 61.8 Å². The molecule has 4 heterocycles. The molecule has 46 heavy (non-hydrogen) atoms. The summed E-state index contributed by atoms with van der Waals surface area (Å²) in [6.45, 7) is 9.28. The fourth-order valence-corrected chi connectivity index (χ4v) is 8.28. The van der Waals surface area contributed by atoms with E-state index >= 15 is 0 Å². The summed E-state index contributed by atoms with van der Waals surface area (Å²) in [6.07, 6.45) is 2.32. The lowest BCUT2D eigenvalue weighted by molar-refractivity contribution is -0.944. The van der Waals surface area contributed by atoms with Crippen LogP contribution in [0.15, 0.2) is 140 Å². The van der Waals surface area contributed by atoms with Gasteiger partial charge in [0.2, 0.25) is 5.69 Å². The van der Waals surface area contributed by atoms with Gasteiger partial charge < -0.3 is 0 Å². The van der Waals surface area contributed by atoms with Crippen molar-refractivity contribution < 1.29 is 9.13 Å². The van der Waals surface area contributed by atoms with Crippen molar-refractivity contribution in [3.63, 3.8) is 0 Å². The van der Waals surface area contributed by atoms with E-state index in [0.717, 1.165) is 0 Å². The van der Waals surface area contributed by atoms with Crippen molar-refractivity contribution in [2.24, 2.45) is 0 Å². The Hall–Kier alpha value is -5.28. The lowest BCUT2D eigenvalue weighted by atomic mass is 9.89. The summed E-state index contributed by atoms with van der Waals surface area (Å²) in [5, 5.41) is 0. The zero-order chi connectivity index (χ0) is 31.2. The number of nitrogens with zero attached hydrogens (tertiary/aromatic N) is 3. The standard InChI is InChI=1S/C43H37N3/c1-28(2)32-19-14-20-33(29(3)4)41(32)45-38-23-12-13-24-39(38)46-42(45)35-18-9-11-22-37(35)43(46)36-21-10-8-17-34(36)40-27-31(25-26-44(40)43)30-15-6-5-7-16-30/h5-29H,1-4H3/q+2. The molecule has 1 spiro atoms. The van der Waals surface area contributed by atoms with Crippen molar-refractivity contribution in [3.8, 4) is 39.5 Å². The number of fused-ring (bicyclic) bond motifs is 12. The van der Waals surface area contributed by atoms with Crippen LogP contribution in [-0.4, -0.2) is 4.57 Å². The Balaban J connectivity index is 1.47. The maximum atomic E-state index is 2.64. The lowest BCUT2D eigenvalue weighted by Gasteiger charge is -2.20. The Morgan fingerprint density at radius 1 is 0.565 bits per heavy atom. The van der Waals surface area contributed by atoms with Crippen molar-refractivity contribution in [2.45, 2.75) is 45.2 Å². The molecular weight excluding hydrogens is 558 g/mol. The highest BCUT2D eigenvalue weighted by atomic mass is 15.4. The molecule has 3 heteroatoms. The third-order valence-corrected chi connectivity index (χ3v) is 10.2. The molecule has 1 atom stereocenters. The van der Waals surface area contributed by atoms with Gasteiger partial charge in [-0.1, -0.05) is 113 Å². The van der Waals surface area contributed by atoms with Crippen LogP contribution in [0, 0.1) is 0 Å². The summed E-state index contributed by atoms with van der Waals surface area (Å²) in [4.78, 5) is 0. The van der Waals surface area contributed by atoms with Gasteiger partial charge in [0, 0.05) is 23.3 Å². The highest BCUT2D eigenvalue weighted by Crippen LogP contribution is 2.50. The number of aromatic nitrogens is 3. The second kappa shape index (κ2) is 9.86. The minimum absolute atomic E-state index is 0.375. The first kappa shape index (κ1) is 27.1. The first-order chi connectivity index (χ1) is 22.5. The molecule has 2 aliphatic heterocycles. The molecule has 3 nitrogen and oxygen atoms in total. The minimum Gasteiger partial charge on any atom is -0.187 e. The van der Waals surface area contributed by atoms with E-state index in [1.54, 1.807) is 0 Å². The Bertz CT molecular complexity index is 2300. The van der Waals surface area contributed by atoms with Gasteiger partial charge in [0.15, 0.2) is 17.2 Å². The molecule has 0 bridgehead atoms. The quantitative estimate of drug-likeness (QED) is 0.180. The topological polar surface area (TPSA) is 12.7 Å². The predicted octanol–water partition coefficient (Wildman–Crippen LogP) is 9.38. The predicted molar refractivity (Wildman–Crippen MR) is 186 cm³/mol. The Morgan fingerprint density at radius 3 is 1.89 bits per heavy atom. The molecule has 0 fully saturated rings. The molecule has 0 saturated heterocycles. The number of rotatable bonds is 4. The van der Waals surface area contributed by atoms with Crippen molar-refractivity contribution >= 4 is 11.0 Å². The summed E-state index contributed by atoms with van der Waals surface area (Å²) in [5.41, 5.74) is 14.8. The van der Waals surface area contributed by atoms with Crippen LogP contribution in [0.5, 0.6) is 0 Å². The fraction of sp³-hybridized carbons (Fsp3) is 0.163. The lowest BCUT2D eigenvalue weighted by Crippen LogP contribution is -2.71. The number of para-hydroxylation sites is 3. The summed E-state index contributed by atoms with van der Waals surface area (Å²) >= 11 is 0. The van der Waals surface area contributed by atoms with E-state index in [-0.39, 0.29) is 0 Å². The van der Waals surface area contributed by atoms with Crippen LogP contribution in [0.2, 0.25) is 0 Å². The molecule has 2 aromatic heterocycles. The molecule has 0 saturated carbocycles. The van der Waals surface area contributed by atoms with Gasteiger partial charge in [-0.3, -0.25) is 0 Å². The van der Waals surface area contributed by atoms with Crippen molar-refractivity contribution in [3.05, 3.63) is 162 Å². The van der Waals surface area contributed by atoms with E-state index in [1.165, 1.54) is 72.7 Å². The first-order valence-corrected chi connectivity index (χ1v) is 16.5. The summed E-state index contributed by atoms with van der Waals surface area (Å²) in [7, 11) is 0. The van der Waals surface area contributed by atoms with Crippen molar-refractivity contribution in [1.82, 2.24) is 4.57 Å². The average molecular weight is 596 g/mol. The van der Waals surface area contributed by atoms with Gasteiger partial charge in [0.25, 0.3) is 0 Å². The van der Waals surface area contributed by atoms with Crippen LogP contribution < -0.4 is 9.13 Å². The van der Waals surface area contributed by atoms with E-state index in [2.05, 4.69) is 181 Å². The molecule has 1 unspecified atom stereocenters. The molecule has 9 rings (SSSR count). The number of hydrogen-bond donors (Lipinski definition) is 0. The molecule has 0 aliphatic carbocycles. The summed E-state index contributed by atoms with van der Waals surface area (Å²) in [6, 6.07) is 49.4. The summed E-state index contributed by atoms with van der Waals surface area (Å²) < 4.78 is 7.77. The van der Waals surface area contributed by atoms with E-state index < -0.39 is 5.66 Å². The van der Waals surface area contributed by atoms with Gasteiger partial charge in [0.05, 0.1) is 22.3 Å². The van der Waals surface area contributed by atoms with Gasteiger partial charge in [-0.2, -0.15) is 4.57 Å². The molecule has 222 valence electrons. The van der Waals surface area contributed by atoms with Gasteiger partial charge in [0.1, 0.15) is 5.69 Å². The number of pyridine rings is 1. The van der Waals surface area contributed by atoms with Crippen LogP contribution in [0.3, 0.4) is 0 Å². The molecule has 0 N–H and O–H groups in total. The number of benzene rings is 5. The van der Waals surface area contributed by atoms with Gasteiger partial charge in [-0.25, -0.2) is 0 Å². The van der Waals surface area contributed by atoms with Crippen LogP contribution in [-0.2, 0) is 5.66 Å². The van der Waals surface area contributed by atoms with E-state index in [0.29, 0.717) is 11.8 Å². The maximum absolute atomic E-state index is 2.64. The number of hydrogen-bond acceptors (Lipinski definition) is 0. The largest absolute Gasteiger partial charge is 0.364 e. The highest BCUT2D eigenvalue weighted by molar-refractivity contribution is 5.84. The first-order valence-electron chi connectivity index (χ1n) is 16.5. The smallest absolute Gasteiger partial charge is 0.187 e. The van der Waals surface area contributed by atoms with E-state index in [1.807, 2.05) is 0 Å². The SMILES string of the molecule is CC(C)c1cccc(C(C)C)c1-n1c2[n+](c3ccccc31)C1(c3ccccc3-c3cc(-c4ccccc4)cc[n+]31)c1ccccc1-2.